The Bertz CT molecular complexity index is 860. The molecular formula is C33H52O10. The van der Waals surface area contributed by atoms with Gasteiger partial charge in [-0.25, -0.2) is 9.59 Å². The van der Waals surface area contributed by atoms with Crippen LogP contribution in [0.5, 0.6) is 0 Å². The summed E-state index contributed by atoms with van der Waals surface area (Å²) in [5.74, 6) is -0.666. The summed E-state index contributed by atoms with van der Waals surface area (Å²) in [6, 6.07) is 0. The molecule has 0 radical (unpaired) electrons. The Labute approximate surface area is 256 Å². The van der Waals surface area contributed by atoms with Gasteiger partial charge in [0.2, 0.25) is 0 Å². The summed E-state index contributed by atoms with van der Waals surface area (Å²) < 4.78 is 39.8. The number of ether oxygens (including phenoxy) is 7. The Balaban J connectivity index is 1.19. The summed E-state index contributed by atoms with van der Waals surface area (Å²) in [4.78, 5) is 35.0. The first-order valence-corrected chi connectivity index (χ1v) is 16.1. The molecule has 0 N–H and O–H groups in total. The summed E-state index contributed by atoms with van der Waals surface area (Å²) in [5.41, 5.74) is 0. The van der Waals surface area contributed by atoms with E-state index < -0.39 is 11.9 Å². The summed E-state index contributed by atoms with van der Waals surface area (Å²) >= 11 is 0. The van der Waals surface area contributed by atoms with Crippen LogP contribution >= 0.6 is 0 Å². The van der Waals surface area contributed by atoms with E-state index in [4.69, 9.17) is 33.2 Å². The number of hydrogen-bond donors (Lipinski definition) is 0. The lowest BCUT2D eigenvalue weighted by atomic mass is 9.85. The predicted octanol–water partition coefficient (Wildman–Crippen LogP) is 5.22. The second kappa shape index (κ2) is 19.9. The topological polar surface area (TPSA) is 116 Å². The van der Waals surface area contributed by atoms with Crippen LogP contribution in [0.4, 0.5) is 0 Å². The van der Waals surface area contributed by atoms with Crippen molar-refractivity contribution in [1.29, 1.82) is 0 Å². The van der Waals surface area contributed by atoms with E-state index in [1.807, 2.05) is 0 Å². The third kappa shape index (κ3) is 13.5. The van der Waals surface area contributed by atoms with Crippen molar-refractivity contribution < 1.29 is 47.5 Å². The van der Waals surface area contributed by atoms with Crippen molar-refractivity contribution in [1.82, 2.24) is 0 Å². The van der Waals surface area contributed by atoms with Crippen LogP contribution in [0.25, 0.3) is 0 Å². The number of hydrogen-bond acceptors (Lipinski definition) is 10. The van der Waals surface area contributed by atoms with Gasteiger partial charge in [0.1, 0.15) is 12.9 Å². The van der Waals surface area contributed by atoms with E-state index in [1.165, 1.54) is 6.08 Å². The molecule has 0 heterocycles. The summed E-state index contributed by atoms with van der Waals surface area (Å²) in [7, 11) is 0. The number of carbonyl (C=O) groups excluding carboxylic acids is 3. The fourth-order valence-corrected chi connectivity index (χ4v) is 6.07. The molecule has 3 atom stereocenters. The minimum Gasteiger partial charge on any atom is -0.462 e. The smallest absolute Gasteiger partial charge is 0.330 e. The molecule has 3 aliphatic rings. The lowest BCUT2D eigenvalue weighted by Gasteiger charge is -2.35. The minimum atomic E-state index is -0.417. The van der Waals surface area contributed by atoms with E-state index in [1.54, 1.807) is 0 Å². The molecule has 0 saturated heterocycles. The van der Waals surface area contributed by atoms with E-state index >= 15 is 0 Å². The third-order valence-corrected chi connectivity index (χ3v) is 8.65. The number of esters is 3. The van der Waals surface area contributed by atoms with Gasteiger partial charge in [-0.1, -0.05) is 20.1 Å². The van der Waals surface area contributed by atoms with Crippen LogP contribution < -0.4 is 0 Å². The van der Waals surface area contributed by atoms with Crippen molar-refractivity contribution in [3.05, 3.63) is 25.3 Å². The van der Waals surface area contributed by atoms with E-state index in [2.05, 4.69) is 20.1 Å². The van der Waals surface area contributed by atoms with Gasteiger partial charge in [-0.15, -0.1) is 0 Å². The number of carbonyl (C=O) groups is 3. The molecule has 244 valence electrons. The van der Waals surface area contributed by atoms with E-state index in [-0.39, 0.29) is 49.2 Å². The van der Waals surface area contributed by atoms with Crippen LogP contribution in [0.1, 0.15) is 90.4 Å². The van der Waals surface area contributed by atoms with Gasteiger partial charge in [0.25, 0.3) is 0 Å². The van der Waals surface area contributed by atoms with Gasteiger partial charge in [0.15, 0.2) is 0 Å². The first kappa shape index (κ1) is 35.2. The Hall–Kier alpha value is -2.27. The van der Waals surface area contributed by atoms with E-state index in [0.717, 1.165) is 76.7 Å². The molecule has 3 unspecified atom stereocenters. The third-order valence-electron chi connectivity index (χ3n) is 8.65. The van der Waals surface area contributed by atoms with Gasteiger partial charge >= 0.3 is 17.9 Å². The SMILES string of the molecule is C=CC(=O)OCCCOC1CCC(OCOC2CCC(OC(=O)C3CCC(OCCCOC(=O)C=C)CC3)CC2C)CC1. The van der Waals surface area contributed by atoms with Crippen molar-refractivity contribution in [2.45, 2.75) is 121 Å². The van der Waals surface area contributed by atoms with Crippen LogP contribution in [0, 0.1) is 11.8 Å². The van der Waals surface area contributed by atoms with E-state index in [9.17, 15) is 14.4 Å². The second-order valence-corrected chi connectivity index (χ2v) is 11.9. The second-order valence-electron chi connectivity index (χ2n) is 11.9. The highest BCUT2D eigenvalue weighted by Gasteiger charge is 2.34. The first-order chi connectivity index (χ1) is 20.9. The Morgan fingerprint density at radius 1 is 0.628 bits per heavy atom. The van der Waals surface area contributed by atoms with Crippen LogP contribution in [-0.4, -0.2) is 81.6 Å². The highest BCUT2D eigenvalue weighted by molar-refractivity contribution is 5.81. The highest BCUT2D eigenvalue weighted by atomic mass is 16.7. The molecular weight excluding hydrogens is 556 g/mol. The van der Waals surface area contributed by atoms with Crippen LogP contribution in [0.15, 0.2) is 25.3 Å². The molecule has 43 heavy (non-hydrogen) atoms. The Kier molecular flexibility index (Phi) is 16.3. The Morgan fingerprint density at radius 3 is 1.63 bits per heavy atom. The molecule has 0 aliphatic heterocycles. The van der Waals surface area contributed by atoms with Crippen molar-refractivity contribution >= 4 is 17.9 Å². The fourth-order valence-electron chi connectivity index (χ4n) is 6.07. The normalized spacial score (nSPS) is 29.3. The minimum absolute atomic E-state index is 0.0557. The molecule has 0 amide bonds. The molecule has 0 aromatic rings. The van der Waals surface area contributed by atoms with Gasteiger partial charge in [-0.3, -0.25) is 4.79 Å². The molecule has 3 rings (SSSR count). The first-order valence-electron chi connectivity index (χ1n) is 16.1. The van der Waals surface area contributed by atoms with Crippen LogP contribution in [0.3, 0.4) is 0 Å². The molecule has 0 bridgehead atoms. The van der Waals surface area contributed by atoms with Crippen molar-refractivity contribution in [3.8, 4) is 0 Å². The van der Waals surface area contributed by atoms with Gasteiger partial charge in [0, 0.05) is 25.0 Å². The predicted molar refractivity (Wildman–Crippen MR) is 159 cm³/mol. The zero-order chi connectivity index (χ0) is 30.9. The van der Waals surface area contributed by atoms with Crippen LogP contribution in [0.2, 0.25) is 0 Å². The largest absolute Gasteiger partial charge is 0.462 e. The lowest BCUT2D eigenvalue weighted by Crippen LogP contribution is -2.37. The fraction of sp³-hybridized carbons (Fsp3) is 0.788. The van der Waals surface area contributed by atoms with Crippen molar-refractivity contribution in [2.24, 2.45) is 11.8 Å². The zero-order valence-corrected chi connectivity index (χ0v) is 25.9. The molecule has 0 spiro atoms. The summed E-state index contributed by atoms with van der Waals surface area (Å²) in [5, 5.41) is 0. The Morgan fingerprint density at radius 2 is 1.12 bits per heavy atom. The molecule has 3 fully saturated rings. The average Bonchev–Trinajstić information content (AvgIpc) is 3.02. The van der Waals surface area contributed by atoms with E-state index in [0.29, 0.717) is 45.2 Å². The molecule has 3 saturated carbocycles. The monoisotopic (exact) mass is 608 g/mol. The molecule has 0 aromatic heterocycles. The maximum Gasteiger partial charge on any atom is 0.330 e. The molecule has 0 aromatic carbocycles. The van der Waals surface area contributed by atoms with Gasteiger partial charge in [-0.2, -0.15) is 0 Å². The maximum atomic E-state index is 12.8. The molecule has 10 heteroatoms. The van der Waals surface area contributed by atoms with Crippen LogP contribution in [-0.2, 0) is 47.5 Å². The average molecular weight is 609 g/mol. The van der Waals surface area contributed by atoms with Crippen molar-refractivity contribution in [3.63, 3.8) is 0 Å². The quantitative estimate of drug-likeness (QED) is 0.0674. The molecule has 10 nitrogen and oxygen atoms in total. The van der Waals surface area contributed by atoms with Crippen molar-refractivity contribution in [2.75, 3.05) is 33.2 Å². The van der Waals surface area contributed by atoms with Gasteiger partial charge in [-0.05, 0) is 76.5 Å². The summed E-state index contributed by atoms with van der Waals surface area (Å²) in [6.45, 7) is 11.0. The highest BCUT2D eigenvalue weighted by Crippen LogP contribution is 2.32. The molecule has 3 aliphatic carbocycles. The summed E-state index contributed by atoms with van der Waals surface area (Å²) in [6.07, 6.45) is 13.8. The lowest BCUT2D eigenvalue weighted by molar-refractivity contribution is -0.170. The standard InChI is InChI=1S/C33H52O10/c1-4-31(34)39-20-6-18-37-26-10-8-25(9-11-26)33(36)43-29-16-17-30(24(3)22-29)42-23-41-28-14-12-27(13-15-28)38-19-7-21-40-32(35)5-2/h4-5,24-30H,1-2,6-23H2,3H3. The van der Waals surface area contributed by atoms with Gasteiger partial charge in [0.05, 0.1) is 56.8 Å². The van der Waals surface area contributed by atoms with Gasteiger partial charge < -0.3 is 33.2 Å². The maximum absolute atomic E-state index is 12.8. The zero-order valence-electron chi connectivity index (χ0n) is 25.9. The number of rotatable bonds is 18.